The number of hydrogen-bond donors (Lipinski definition) is 0. The topological polar surface area (TPSA) is 68.3 Å². The van der Waals surface area contributed by atoms with E-state index in [9.17, 15) is 18.0 Å². The number of hydrogen-bond acceptors (Lipinski definition) is 4. The first-order valence-electron chi connectivity index (χ1n) is 9.42. The molecule has 4 rings (SSSR count). The molecule has 1 amide bonds. The predicted octanol–water partition coefficient (Wildman–Crippen LogP) is 3.79. The first-order valence-corrected chi connectivity index (χ1v) is 9.42. The van der Waals surface area contributed by atoms with E-state index >= 15 is 0 Å². The number of rotatable bonds is 5. The first kappa shape index (κ1) is 20.6. The van der Waals surface area contributed by atoms with Crippen molar-refractivity contribution in [2.75, 3.05) is 7.05 Å². The van der Waals surface area contributed by atoms with E-state index in [0.29, 0.717) is 5.56 Å². The van der Waals surface area contributed by atoms with E-state index in [1.807, 2.05) is 6.92 Å². The lowest BCUT2D eigenvalue weighted by molar-refractivity contribution is 0.0786. The van der Waals surface area contributed by atoms with Crippen molar-refractivity contribution < 1.29 is 18.0 Å². The lowest BCUT2D eigenvalue weighted by Crippen LogP contribution is -2.26. The maximum absolute atomic E-state index is 13.7. The van der Waals surface area contributed by atoms with E-state index in [-0.39, 0.29) is 23.4 Å². The lowest BCUT2D eigenvalue weighted by Gasteiger charge is -2.16. The summed E-state index contributed by atoms with van der Waals surface area (Å²) in [6.45, 7) is 2.18. The molecule has 0 N–H and O–H groups in total. The highest BCUT2D eigenvalue weighted by Gasteiger charge is 2.24. The molecule has 10 heteroatoms. The van der Waals surface area contributed by atoms with Crippen LogP contribution < -0.4 is 0 Å². The molecule has 4 aromatic rings. The lowest BCUT2D eigenvalue weighted by atomic mass is 10.1. The van der Waals surface area contributed by atoms with Crippen molar-refractivity contribution in [3.05, 3.63) is 71.1 Å². The van der Waals surface area contributed by atoms with Gasteiger partial charge in [-0.1, -0.05) is 0 Å². The molecule has 0 atom stereocenters. The molecule has 0 aliphatic rings. The van der Waals surface area contributed by atoms with Crippen LogP contribution in [0.4, 0.5) is 13.2 Å². The molecule has 160 valence electrons. The molecule has 0 aliphatic carbocycles. The van der Waals surface area contributed by atoms with E-state index in [0.717, 1.165) is 15.8 Å². The summed E-state index contributed by atoms with van der Waals surface area (Å²) >= 11 is 0. The monoisotopic (exact) mass is 428 g/mol. The Morgan fingerprint density at radius 1 is 1.16 bits per heavy atom. The van der Waals surface area contributed by atoms with Crippen LogP contribution in [-0.4, -0.2) is 42.2 Å². The number of aryl methyl sites for hydroxylation is 1. The summed E-state index contributed by atoms with van der Waals surface area (Å²) in [5, 5.41) is 8.13. The third-order valence-electron chi connectivity index (χ3n) is 5.18. The maximum atomic E-state index is 13.7. The van der Waals surface area contributed by atoms with Gasteiger partial charge in [-0.3, -0.25) is 9.48 Å². The number of alkyl halides is 2. The van der Waals surface area contributed by atoms with Gasteiger partial charge in [0.1, 0.15) is 17.1 Å². The molecule has 7 nitrogen and oxygen atoms in total. The van der Waals surface area contributed by atoms with Gasteiger partial charge in [-0.15, -0.1) is 0 Å². The largest absolute Gasteiger partial charge is 0.337 e. The number of benzene rings is 1. The Bertz CT molecular complexity index is 1260. The Labute approximate surface area is 175 Å². The first-order chi connectivity index (χ1) is 14.8. The van der Waals surface area contributed by atoms with Crippen molar-refractivity contribution in [3.8, 4) is 11.3 Å². The van der Waals surface area contributed by atoms with Gasteiger partial charge in [0.15, 0.2) is 5.65 Å². The Kier molecular flexibility index (Phi) is 5.22. The SMILES string of the molecule is Cc1c(CN(C)C(=O)c2cnn3c(C(F)F)cc(-c4ccc(F)cc4)nc23)cnn1C. The van der Waals surface area contributed by atoms with Gasteiger partial charge in [-0.2, -0.15) is 10.2 Å². The number of aromatic nitrogens is 5. The van der Waals surface area contributed by atoms with Crippen LogP contribution in [0.3, 0.4) is 0 Å². The molecule has 0 radical (unpaired) electrons. The van der Waals surface area contributed by atoms with Gasteiger partial charge in [0, 0.05) is 37.5 Å². The quantitative estimate of drug-likeness (QED) is 0.485. The standard InChI is InChI=1S/C21H19F3N6O/c1-12-14(9-25-29(12)3)11-28(2)21(31)16-10-26-30-18(19(23)24)8-17(27-20(16)30)13-4-6-15(22)7-5-13/h4-10,19H,11H2,1-3H3. The van der Waals surface area contributed by atoms with Crippen LogP contribution >= 0.6 is 0 Å². The molecular weight excluding hydrogens is 409 g/mol. The molecule has 0 saturated heterocycles. The van der Waals surface area contributed by atoms with E-state index in [1.54, 1.807) is 25.0 Å². The zero-order valence-electron chi connectivity index (χ0n) is 17.1. The van der Waals surface area contributed by atoms with E-state index in [4.69, 9.17) is 0 Å². The Morgan fingerprint density at radius 2 is 1.87 bits per heavy atom. The third kappa shape index (κ3) is 3.76. The molecule has 0 fully saturated rings. The molecule has 0 aliphatic heterocycles. The smallest absolute Gasteiger partial charge is 0.280 e. The zero-order chi connectivity index (χ0) is 22.3. The van der Waals surface area contributed by atoms with Crippen LogP contribution in [0.15, 0.2) is 42.7 Å². The molecule has 1 aromatic carbocycles. The van der Waals surface area contributed by atoms with Gasteiger partial charge in [-0.25, -0.2) is 22.7 Å². The van der Waals surface area contributed by atoms with E-state index < -0.39 is 23.8 Å². The van der Waals surface area contributed by atoms with Crippen LogP contribution in [0.5, 0.6) is 0 Å². The second kappa shape index (κ2) is 7.86. The Hall–Kier alpha value is -3.69. The summed E-state index contributed by atoms with van der Waals surface area (Å²) in [4.78, 5) is 18.9. The van der Waals surface area contributed by atoms with E-state index in [2.05, 4.69) is 15.2 Å². The molecule has 3 aromatic heterocycles. The number of halogens is 3. The number of nitrogens with zero attached hydrogens (tertiary/aromatic N) is 6. The van der Waals surface area contributed by atoms with Gasteiger partial charge >= 0.3 is 0 Å². The summed E-state index contributed by atoms with van der Waals surface area (Å²) < 4.78 is 43.4. The van der Waals surface area contributed by atoms with Gasteiger partial charge < -0.3 is 4.90 Å². The highest BCUT2D eigenvalue weighted by Crippen LogP contribution is 2.27. The second-order valence-corrected chi connectivity index (χ2v) is 7.21. The number of amides is 1. The highest BCUT2D eigenvalue weighted by molar-refractivity contribution is 5.99. The van der Waals surface area contributed by atoms with Crippen molar-refractivity contribution in [2.24, 2.45) is 7.05 Å². The molecule has 31 heavy (non-hydrogen) atoms. The molecule has 0 bridgehead atoms. The van der Waals surface area contributed by atoms with Gasteiger partial charge in [-0.05, 0) is 37.3 Å². The summed E-state index contributed by atoms with van der Waals surface area (Å²) in [6.07, 6.45) is 0.0652. The molecule has 0 saturated carbocycles. The van der Waals surface area contributed by atoms with Crippen molar-refractivity contribution in [1.82, 2.24) is 29.3 Å². The Balaban J connectivity index is 1.76. The number of carbonyl (C=O) groups is 1. The summed E-state index contributed by atoms with van der Waals surface area (Å²) in [5.41, 5.74) is 2.12. The molecular formula is C21H19F3N6O. The fraction of sp³-hybridized carbons (Fsp3) is 0.238. The zero-order valence-corrected chi connectivity index (χ0v) is 17.1. The van der Waals surface area contributed by atoms with Crippen LogP contribution in [0, 0.1) is 12.7 Å². The predicted molar refractivity (Wildman–Crippen MR) is 107 cm³/mol. The summed E-state index contributed by atoms with van der Waals surface area (Å²) in [6, 6.07) is 6.51. The minimum absolute atomic E-state index is 0.0110. The third-order valence-corrected chi connectivity index (χ3v) is 5.18. The van der Waals surface area contributed by atoms with Gasteiger partial charge in [0.2, 0.25) is 0 Å². The van der Waals surface area contributed by atoms with Crippen molar-refractivity contribution in [2.45, 2.75) is 19.9 Å². The fourth-order valence-corrected chi connectivity index (χ4v) is 3.29. The average molecular weight is 428 g/mol. The maximum Gasteiger partial charge on any atom is 0.280 e. The van der Waals surface area contributed by atoms with Gasteiger partial charge in [0.25, 0.3) is 12.3 Å². The summed E-state index contributed by atoms with van der Waals surface area (Å²) in [5.74, 6) is -0.867. The van der Waals surface area contributed by atoms with Crippen molar-refractivity contribution in [1.29, 1.82) is 0 Å². The molecule has 3 heterocycles. The number of fused-ring (bicyclic) bond motifs is 1. The van der Waals surface area contributed by atoms with Gasteiger partial charge in [0.05, 0.1) is 18.1 Å². The highest BCUT2D eigenvalue weighted by atomic mass is 19.3. The molecule has 0 unspecified atom stereocenters. The van der Waals surface area contributed by atoms with Crippen LogP contribution in [0.1, 0.15) is 33.7 Å². The summed E-state index contributed by atoms with van der Waals surface area (Å²) in [7, 11) is 3.41. The average Bonchev–Trinajstić information content (AvgIpc) is 3.31. The minimum Gasteiger partial charge on any atom is -0.337 e. The van der Waals surface area contributed by atoms with Crippen LogP contribution in [0.2, 0.25) is 0 Å². The fourth-order valence-electron chi connectivity index (χ4n) is 3.29. The van der Waals surface area contributed by atoms with Crippen LogP contribution in [-0.2, 0) is 13.6 Å². The Morgan fingerprint density at radius 3 is 2.48 bits per heavy atom. The second-order valence-electron chi connectivity index (χ2n) is 7.21. The number of carbonyl (C=O) groups excluding carboxylic acids is 1. The van der Waals surface area contributed by atoms with E-state index in [1.165, 1.54) is 41.4 Å². The normalized spacial score (nSPS) is 11.5. The molecule has 0 spiro atoms. The van der Waals surface area contributed by atoms with Crippen molar-refractivity contribution >= 4 is 11.6 Å². The van der Waals surface area contributed by atoms with Crippen LogP contribution in [0.25, 0.3) is 16.9 Å². The minimum atomic E-state index is -2.84. The van der Waals surface area contributed by atoms with Crippen molar-refractivity contribution in [3.63, 3.8) is 0 Å².